The van der Waals surface area contributed by atoms with Gasteiger partial charge in [-0.25, -0.2) is 0 Å². The lowest BCUT2D eigenvalue weighted by molar-refractivity contribution is -0.512. The highest BCUT2D eigenvalue weighted by Crippen LogP contribution is 2.06. The molecule has 0 aliphatic heterocycles. The monoisotopic (exact) mass is 146 g/mol. The van der Waals surface area contributed by atoms with Crippen LogP contribution in [0.15, 0.2) is 42.7 Å². The first-order valence-electron chi connectivity index (χ1n) is 3.45. The lowest BCUT2D eigenvalue weighted by Gasteiger charge is -1.89. The summed E-state index contributed by atoms with van der Waals surface area (Å²) < 4.78 is 1.94. The van der Waals surface area contributed by atoms with Crippen LogP contribution in [0, 0.1) is 0 Å². The van der Waals surface area contributed by atoms with Gasteiger partial charge in [-0.2, -0.15) is 4.40 Å². The van der Waals surface area contributed by atoms with Crippen molar-refractivity contribution in [2.75, 3.05) is 0 Å². The predicted molar refractivity (Wildman–Crippen MR) is 41.3 cm³/mol. The van der Waals surface area contributed by atoms with Gasteiger partial charge >= 0.3 is 0 Å². The number of pyridine rings is 2. The van der Waals surface area contributed by atoms with Gasteiger partial charge in [0, 0.05) is 18.2 Å². The Morgan fingerprint density at radius 2 is 2.00 bits per heavy atom. The smallest absolute Gasteiger partial charge is 0.214 e. The largest absolute Gasteiger partial charge is 0.507 e. The van der Waals surface area contributed by atoms with Crippen molar-refractivity contribution >= 4 is 5.52 Å². The van der Waals surface area contributed by atoms with Gasteiger partial charge in [0.25, 0.3) is 0 Å². The molecule has 0 atom stereocenters. The van der Waals surface area contributed by atoms with Gasteiger partial charge in [0.1, 0.15) is 5.75 Å². The standard InChI is InChI=1S/C9H7NO/c11-9-4-6-10-5-2-1-3-8(10)7-9/h1-7H/p+1. The third-order valence-electron chi connectivity index (χ3n) is 1.62. The fourth-order valence-electron chi connectivity index (χ4n) is 1.08. The summed E-state index contributed by atoms with van der Waals surface area (Å²) in [5.74, 6) is 0.302. The van der Waals surface area contributed by atoms with Crippen LogP contribution in [0.4, 0.5) is 0 Å². The van der Waals surface area contributed by atoms with Gasteiger partial charge in [0.2, 0.25) is 5.52 Å². The van der Waals surface area contributed by atoms with Crippen LogP contribution >= 0.6 is 0 Å². The molecule has 0 radical (unpaired) electrons. The fraction of sp³-hybridized carbons (Fsp3) is 0. The van der Waals surface area contributed by atoms with Gasteiger partial charge in [-0.05, 0) is 6.07 Å². The Morgan fingerprint density at radius 3 is 2.91 bits per heavy atom. The molecule has 0 unspecified atom stereocenters. The number of aromatic hydroxyl groups is 1. The second-order valence-corrected chi connectivity index (χ2v) is 2.42. The van der Waals surface area contributed by atoms with Crippen LogP contribution in [0.25, 0.3) is 5.52 Å². The Morgan fingerprint density at radius 1 is 1.09 bits per heavy atom. The molecule has 0 aliphatic rings. The Kier molecular flexibility index (Phi) is 1.25. The minimum atomic E-state index is 0.302. The number of aromatic nitrogens is 1. The third-order valence-corrected chi connectivity index (χ3v) is 1.62. The first-order chi connectivity index (χ1) is 5.36. The van der Waals surface area contributed by atoms with Crippen molar-refractivity contribution in [2.45, 2.75) is 0 Å². The van der Waals surface area contributed by atoms with Crippen molar-refractivity contribution in [1.29, 1.82) is 0 Å². The Bertz CT molecular complexity index is 384. The van der Waals surface area contributed by atoms with Crippen molar-refractivity contribution in [3.63, 3.8) is 0 Å². The van der Waals surface area contributed by atoms with Crippen LogP contribution in [-0.2, 0) is 0 Å². The molecule has 0 saturated carbocycles. The normalized spacial score (nSPS) is 10.2. The highest BCUT2D eigenvalue weighted by atomic mass is 16.3. The van der Waals surface area contributed by atoms with E-state index in [4.69, 9.17) is 5.11 Å². The van der Waals surface area contributed by atoms with E-state index in [1.165, 1.54) is 0 Å². The minimum absolute atomic E-state index is 0.302. The molecule has 0 bridgehead atoms. The zero-order chi connectivity index (χ0) is 7.68. The fourth-order valence-corrected chi connectivity index (χ4v) is 1.08. The molecule has 11 heavy (non-hydrogen) atoms. The third kappa shape index (κ3) is 1.03. The molecule has 2 rings (SSSR count). The Labute approximate surface area is 64.4 Å². The quantitative estimate of drug-likeness (QED) is 0.553. The molecule has 0 fully saturated rings. The molecule has 1 N–H and O–H groups in total. The molecular formula is C9H8NO+. The van der Waals surface area contributed by atoms with Crippen molar-refractivity contribution in [3.8, 4) is 5.75 Å². The predicted octanol–water partition coefficient (Wildman–Crippen LogP) is 1.13. The summed E-state index contributed by atoms with van der Waals surface area (Å²) in [5, 5.41) is 9.12. The minimum Gasteiger partial charge on any atom is -0.507 e. The van der Waals surface area contributed by atoms with Crippen molar-refractivity contribution in [3.05, 3.63) is 42.7 Å². The van der Waals surface area contributed by atoms with Gasteiger partial charge in [0.15, 0.2) is 12.4 Å². The molecule has 0 spiro atoms. The van der Waals surface area contributed by atoms with Gasteiger partial charge < -0.3 is 5.11 Å². The summed E-state index contributed by atoms with van der Waals surface area (Å²) in [4.78, 5) is 0. The molecule has 2 heteroatoms. The topological polar surface area (TPSA) is 24.3 Å². The second kappa shape index (κ2) is 2.23. The van der Waals surface area contributed by atoms with Crippen LogP contribution in [0.2, 0.25) is 0 Å². The zero-order valence-electron chi connectivity index (χ0n) is 5.94. The molecular weight excluding hydrogens is 138 g/mol. The Hall–Kier alpha value is -1.57. The van der Waals surface area contributed by atoms with Crippen LogP contribution in [0.5, 0.6) is 5.75 Å². The van der Waals surface area contributed by atoms with Gasteiger partial charge in [-0.1, -0.05) is 0 Å². The molecule has 0 amide bonds. The van der Waals surface area contributed by atoms with E-state index in [0.717, 1.165) is 5.52 Å². The van der Waals surface area contributed by atoms with Crippen molar-refractivity contribution < 1.29 is 9.51 Å². The van der Waals surface area contributed by atoms with Gasteiger partial charge in [0.05, 0.1) is 6.07 Å². The average molecular weight is 146 g/mol. The van der Waals surface area contributed by atoms with E-state index in [-0.39, 0.29) is 0 Å². The van der Waals surface area contributed by atoms with E-state index in [0.29, 0.717) is 5.75 Å². The summed E-state index contributed by atoms with van der Waals surface area (Å²) in [5.41, 5.74) is 0.993. The lowest BCUT2D eigenvalue weighted by atomic mass is 10.3. The molecule has 54 valence electrons. The van der Waals surface area contributed by atoms with E-state index in [9.17, 15) is 0 Å². The molecule has 2 aromatic rings. The molecule has 2 nitrogen and oxygen atoms in total. The highest BCUT2D eigenvalue weighted by molar-refractivity contribution is 5.42. The van der Waals surface area contributed by atoms with Crippen molar-refractivity contribution in [1.82, 2.24) is 0 Å². The molecule has 0 aliphatic carbocycles. The number of hydrogen-bond acceptors (Lipinski definition) is 1. The van der Waals surface area contributed by atoms with E-state index < -0.39 is 0 Å². The second-order valence-electron chi connectivity index (χ2n) is 2.42. The van der Waals surface area contributed by atoms with Crippen molar-refractivity contribution in [2.24, 2.45) is 0 Å². The van der Waals surface area contributed by atoms with Crippen LogP contribution in [0.1, 0.15) is 0 Å². The molecule has 0 saturated heterocycles. The number of nitrogens with zero attached hydrogens (tertiary/aromatic N) is 1. The van der Waals surface area contributed by atoms with Gasteiger partial charge in [-0.3, -0.25) is 0 Å². The summed E-state index contributed by atoms with van der Waals surface area (Å²) in [6.07, 6.45) is 3.76. The number of fused-ring (bicyclic) bond motifs is 1. The van der Waals surface area contributed by atoms with Crippen LogP contribution in [-0.4, -0.2) is 5.11 Å². The van der Waals surface area contributed by atoms with Crippen LogP contribution in [0.3, 0.4) is 0 Å². The molecule has 2 heterocycles. The maximum absolute atomic E-state index is 9.12. The summed E-state index contributed by atoms with van der Waals surface area (Å²) >= 11 is 0. The first kappa shape index (κ1) is 6.16. The Balaban J connectivity index is 2.83. The SMILES string of the molecule is Oc1cc[n+]2ccccc2c1. The van der Waals surface area contributed by atoms with E-state index in [1.807, 2.05) is 35.0 Å². The number of hydrogen-bond donors (Lipinski definition) is 1. The maximum Gasteiger partial charge on any atom is 0.214 e. The summed E-state index contributed by atoms with van der Waals surface area (Å²) in [7, 11) is 0. The van der Waals surface area contributed by atoms with Crippen LogP contribution < -0.4 is 4.40 Å². The lowest BCUT2D eigenvalue weighted by Crippen LogP contribution is -2.18. The number of rotatable bonds is 0. The average Bonchev–Trinajstić information content (AvgIpc) is 2.04. The first-order valence-corrected chi connectivity index (χ1v) is 3.45. The molecule has 2 aromatic heterocycles. The van der Waals surface area contributed by atoms with E-state index in [1.54, 1.807) is 12.1 Å². The maximum atomic E-state index is 9.12. The van der Waals surface area contributed by atoms with E-state index in [2.05, 4.69) is 0 Å². The van der Waals surface area contributed by atoms with Gasteiger partial charge in [-0.15, -0.1) is 0 Å². The summed E-state index contributed by atoms with van der Waals surface area (Å²) in [6.45, 7) is 0. The summed E-state index contributed by atoms with van der Waals surface area (Å²) in [6, 6.07) is 9.21. The highest BCUT2D eigenvalue weighted by Gasteiger charge is 1.98. The molecule has 0 aromatic carbocycles. The zero-order valence-corrected chi connectivity index (χ0v) is 5.94. The van der Waals surface area contributed by atoms with E-state index >= 15 is 0 Å².